The molecule has 1 aliphatic carbocycles. The van der Waals surface area contributed by atoms with Crippen molar-refractivity contribution < 1.29 is 0 Å². The van der Waals surface area contributed by atoms with E-state index in [1.807, 2.05) is 21.6 Å². The van der Waals surface area contributed by atoms with E-state index in [9.17, 15) is 0 Å². The standard InChI is InChI=1S/C12H14S2/c1-9-5-3-7-11-10(2)12(14-13-11)8-4-6-9/h3,5-7H,4,8H2,1-2H3/b5-3-,9-6+,11-7?. The first-order valence-corrected chi connectivity index (χ1v) is 7.02. The molecule has 0 saturated heterocycles. The fraction of sp³-hybridized carbons (Fsp3) is 0.333. The largest absolute Gasteiger partial charge is 0.0812 e. The lowest BCUT2D eigenvalue weighted by atomic mass is 10.1. The van der Waals surface area contributed by atoms with E-state index >= 15 is 0 Å². The average Bonchev–Trinajstić information content (AvgIpc) is 2.50. The van der Waals surface area contributed by atoms with Crippen LogP contribution in [0.3, 0.4) is 0 Å². The second kappa shape index (κ2) is 4.45. The summed E-state index contributed by atoms with van der Waals surface area (Å²) in [5.74, 6) is 0. The highest BCUT2D eigenvalue weighted by molar-refractivity contribution is 8.80. The van der Waals surface area contributed by atoms with Crippen molar-refractivity contribution in [2.45, 2.75) is 26.7 Å². The van der Waals surface area contributed by atoms with Gasteiger partial charge in [-0.2, -0.15) is 0 Å². The van der Waals surface area contributed by atoms with Gasteiger partial charge in [-0.3, -0.25) is 0 Å². The van der Waals surface area contributed by atoms with Gasteiger partial charge < -0.3 is 0 Å². The lowest BCUT2D eigenvalue weighted by Crippen LogP contribution is -1.81. The molecule has 74 valence electrons. The molecule has 2 heteroatoms. The molecule has 0 amide bonds. The Kier molecular flexibility index (Phi) is 3.24. The maximum atomic E-state index is 2.32. The number of fused-ring (bicyclic) bond motifs is 1. The van der Waals surface area contributed by atoms with Crippen LogP contribution in [-0.4, -0.2) is 0 Å². The van der Waals surface area contributed by atoms with Crippen LogP contribution in [0.5, 0.6) is 0 Å². The molecule has 0 saturated carbocycles. The molecule has 1 heterocycles. The molecule has 0 aromatic heterocycles. The number of allylic oxidation sites excluding steroid dienone is 7. The molecule has 0 aromatic carbocycles. The van der Waals surface area contributed by atoms with Crippen molar-refractivity contribution in [3.05, 3.63) is 45.3 Å². The summed E-state index contributed by atoms with van der Waals surface area (Å²) in [4.78, 5) is 2.98. The molecule has 0 atom stereocenters. The zero-order chi connectivity index (χ0) is 9.97. The first kappa shape index (κ1) is 10.2. The second-order valence-corrected chi connectivity index (χ2v) is 5.86. The Balaban J connectivity index is 2.32. The van der Waals surface area contributed by atoms with E-state index in [0.29, 0.717) is 0 Å². The average molecular weight is 222 g/mol. The van der Waals surface area contributed by atoms with Crippen LogP contribution in [0.15, 0.2) is 45.3 Å². The molecule has 2 bridgehead atoms. The van der Waals surface area contributed by atoms with E-state index in [0.717, 1.165) is 0 Å². The van der Waals surface area contributed by atoms with Crippen LogP contribution in [-0.2, 0) is 0 Å². The maximum Gasteiger partial charge on any atom is 0.0223 e. The van der Waals surface area contributed by atoms with Crippen molar-refractivity contribution in [1.29, 1.82) is 0 Å². The Labute approximate surface area is 93.6 Å². The van der Waals surface area contributed by atoms with Crippen molar-refractivity contribution in [1.82, 2.24) is 0 Å². The van der Waals surface area contributed by atoms with Crippen molar-refractivity contribution in [3.8, 4) is 0 Å². The third-order valence-electron chi connectivity index (χ3n) is 2.46. The molecule has 0 unspecified atom stereocenters. The maximum absolute atomic E-state index is 2.32. The van der Waals surface area contributed by atoms with Gasteiger partial charge in [-0.25, -0.2) is 0 Å². The van der Waals surface area contributed by atoms with Crippen LogP contribution in [0.25, 0.3) is 0 Å². The first-order chi connectivity index (χ1) is 6.77. The van der Waals surface area contributed by atoms with Gasteiger partial charge in [-0.15, -0.1) is 0 Å². The van der Waals surface area contributed by atoms with Gasteiger partial charge in [-0.05, 0) is 38.3 Å². The SMILES string of the molecule is CC1=C2CC/C=C(C)/C=C\C=C1SS2. The number of hydrogen-bond donors (Lipinski definition) is 0. The van der Waals surface area contributed by atoms with E-state index < -0.39 is 0 Å². The first-order valence-electron chi connectivity index (χ1n) is 4.87. The third-order valence-corrected chi connectivity index (χ3v) is 5.27. The minimum Gasteiger partial charge on any atom is -0.0812 e. The Morgan fingerprint density at radius 1 is 1.21 bits per heavy atom. The Hall–Kier alpha value is -0.340. The minimum atomic E-state index is 1.17. The van der Waals surface area contributed by atoms with Gasteiger partial charge in [0.25, 0.3) is 0 Å². The monoisotopic (exact) mass is 222 g/mol. The summed E-state index contributed by atoms with van der Waals surface area (Å²) < 4.78 is 0. The van der Waals surface area contributed by atoms with E-state index in [1.54, 1.807) is 4.91 Å². The number of hydrogen-bond acceptors (Lipinski definition) is 2. The quantitative estimate of drug-likeness (QED) is 0.538. The van der Waals surface area contributed by atoms with Gasteiger partial charge in [0, 0.05) is 9.81 Å². The highest BCUT2D eigenvalue weighted by Crippen LogP contribution is 2.51. The van der Waals surface area contributed by atoms with Crippen LogP contribution in [0.4, 0.5) is 0 Å². The molecule has 14 heavy (non-hydrogen) atoms. The van der Waals surface area contributed by atoms with Gasteiger partial charge in [0.15, 0.2) is 0 Å². The Morgan fingerprint density at radius 2 is 2.07 bits per heavy atom. The highest BCUT2D eigenvalue weighted by Gasteiger charge is 2.16. The topological polar surface area (TPSA) is 0 Å². The van der Waals surface area contributed by atoms with Crippen LogP contribution >= 0.6 is 21.6 Å². The molecule has 0 nitrogen and oxygen atoms in total. The summed E-state index contributed by atoms with van der Waals surface area (Å²) in [7, 11) is 3.83. The van der Waals surface area contributed by atoms with Gasteiger partial charge >= 0.3 is 0 Å². The molecule has 0 spiro atoms. The van der Waals surface area contributed by atoms with Gasteiger partial charge in [-0.1, -0.05) is 45.4 Å². The lowest BCUT2D eigenvalue weighted by molar-refractivity contribution is 1.02. The predicted molar refractivity (Wildman–Crippen MR) is 68.1 cm³/mol. The molecule has 2 aliphatic rings. The summed E-state index contributed by atoms with van der Waals surface area (Å²) in [6, 6.07) is 0. The van der Waals surface area contributed by atoms with Crippen LogP contribution in [0, 0.1) is 0 Å². The fourth-order valence-electron chi connectivity index (χ4n) is 1.53. The van der Waals surface area contributed by atoms with E-state index in [4.69, 9.17) is 0 Å². The number of rotatable bonds is 0. The molecule has 0 fully saturated rings. The molecule has 0 N–H and O–H groups in total. The normalized spacial score (nSPS) is 28.1. The second-order valence-electron chi connectivity index (χ2n) is 3.59. The lowest BCUT2D eigenvalue weighted by Gasteiger charge is -2.01. The van der Waals surface area contributed by atoms with Crippen LogP contribution < -0.4 is 0 Å². The molecule has 0 aromatic rings. The zero-order valence-corrected chi connectivity index (χ0v) is 10.2. The molecular weight excluding hydrogens is 208 g/mol. The molecule has 1 aliphatic heterocycles. The summed E-state index contributed by atoms with van der Waals surface area (Å²) in [6.45, 7) is 4.40. The van der Waals surface area contributed by atoms with Crippen molar-refractivity contribution in [2.24, 2.45) is 0 Å². The Morgan fingerprint density at radius 3 is 2.93 bits per heavy atom. The minimum absolute atomic E-state index is 1.17. The van der Waals surface area contributed by atoms with E-state index in [2.05, 4.69) is 38.2 Å². The summed E-state index contributed by atoms with van der Waals surface area (Å²) in [5.41, 5.74) is 2.86. The summed E-state index contributed by atoms with van der Waals surface area (Å²) in [5, 5.41) is 0. The van der Waals surface area contributed by atoms with E-state index in [1.165, 1.54) is 28.9 Å². The highest BCUT2D eigenvalue weighted by atomic mass is 33.1. The molecule has 2 rings (SSSR count). The smallest absolute Gasteiger partial charge is 0.0223 e. The molecule has 0 radical (unpaired) electrons. The van der Waals surface area contributed by atoms with Crippen molar-refractivity contribution in [2.75, 3.05) is 0 Å². The van der Waals surface area contributed by atoms with Crippen molar-refractivity contribution in [3.63, 3.8) is 0 Å². The third kappa shape index (κ3) is 2.18. The summed E-state index contributed by atoms with van der Waals surface area (Å²) in [6.07, 6.45) is 11.3. The van der Waals surface area contributed by atoms with E-state index in [-0.39, 0.29) is 0 Å². The fourth-order valence-corrected chi connectivity index (χ4v) is 4.34. The van der Waals surface area contributed by atoms with Crippen LogP contribution in [0.2, 0.25) is 0 Å². The van der Waals surface area contributed by atoms with Gasteiger partial charge in [0.05, 0.1) is 0 Å². The Bertz CT molecular complexity index is 357. The van der Waals surface area contributed by atoms with Crippen molar-refractivity contribution >= 4 is 21.6 Å². The van der Waals surface area contributed by atoms with Gasteiger partial charge in [0.1, 0.15) is 0 Å². The van der Waals surface area contributed by atoms with Gasteiger partial charge in [0.2, 0.25) is 0 Å². The molecular formula is C12H14S2. The zero-order valence-electron chi connectivity index (χ0n) is 8.54. The summed E-state index contributed by atoms with van der Waals surface area (Å²) >= 11 is 0. The predicted octanol–water partition coefficient (Wildman–Crippen LogP) is 4.84. The van der Waals surface area contributed by atoms with Crippen LogP contribution in [0.1, 0.15) is 26.7 Å².